The van der Waals surface area contributed by atoms with Crippen molar-refractivity contribution in [2.75, 3.05) is 19.6 Å². The summed E-state index contributed by atoms with van der Waals surface area (Å²) in [6, 6.07) is 7.05. The number of nitrogens with zero attached hydrogens (tertiary/aromatic N) is 3. The van der Waals surface area contributed by atoms with E-state index >= 15 is 0 Å². The smallest absolute Gasteiger partial charge is 0.387 e. The van der Waals surface area contributed by atoms with Gasteiger partial charge in [-0.1, -0.05) is 18.2 Å². The van der Waals surface area contributed by atoms with E-state index in [1.165, 1.54) is 0 Å². The van der Waals surface area contributed by atoms with Crippen LogP contribution in [0.1, 0.15) is 17.4 Å². The summed E-state index contributed by atoms with van der Waals surface area (Å²) in [6.45, 7) is 0.189. The predicted octanol–water partition coefficient (Wildman–Crippen LogP) is 2.17. The SMILES string of the molecule is Cn1ccnc1C1CNCCN1Cc1ccccc1OC(F)F. The van der Waals surface area contributed by atoms with Gasteiger partial charge < -0.3 is 14.6 Å². The van der Waals surface area contributed by atoms with Crippen LogP contribution in [0.2, 0.25) is 0 Å². The van der Waals surface area contributed by atoms with Gasteiger partial charge in [-0.15, -0.1) is 0 Å². The molecule has 124 valence electrons. The number of hydrogen-bond acceptors (Lipinski definition) is 4. The van der Waals surface area contributed by atoms with E-state index in [4.69, 9.17) is 0 Å². The van der Waals surface area contributed by atoms with Gasteiger partial charge in [0.15, 0.2) is 0 Å². The molecule has 1 aliphatic rings. The fraction of sp³-hybridized carbons (Fsp3) is 0.438. The summed E-state index contributed by atoms with van der Waals surface area (Å²) >= 11 is 0. The van der Waals surface area contributed by atoms with Crippen LogP contribution >= 0.6 is 0 Å². The Hall–Kier alpha value is -1.99. The van der Waals surface area contributed by atoms with Crippen molar-refractivity contribution in [3.63, 3.8) is 0 Å². The van der Waals surface area contributed by atoms with Crippen molar-refractivity contribution in [2.45, 2.75) is 19.2 Å². The molecule has 1 aromatic heterocycles. The minimum atomic E-state index is -2.82. The van der Waals surface area contributed by atoms with E-state index in [0.717, 1.165) is 31.0 Å². The first kappa shape index (κ1) is 15.9. The number of halogens is 2. The second-order valence-electron chi connectivity index (χ2n) is 5.57. The summed E-state index contributed by atoms with van der Waals surface area (Å²) < 4.78 is 31.8. The highest BCUT2D eigenvalue weighted by atomic mass is 19.3. The number of aromatic nitrogens is 2. The van der Waals surface area contributed by atoms with Crippen molar-refractivity contribution in [3.8, 4) is 5.75 Å². The number of imidazole rings is 1. The molecule has 2 aromatic rings. The molecule has 3 rings (SSSR count). The van der Waals surface area contributed by atoms with Crippen LogP contribution in [0.15, 0.2) is 36.7 Å². The highest BCUT2D eigenvalue weighted by Gasteiger charge is 2.27. The molecule has 1 atom stereocenters. The zero-order valence-electron chi connectivity index (χ0n) is 13.0. The second-order valence-corrected chi connectivity index (χ2v) is 5.57. The van der Waals surface area contributed by atoms with Crippen molar-refractivity contribution in [3.05, 3.63) is 48.0 Å². The van der Waals surface area contributed by atoms with Crippen LogP contribution in [0.5, 0.6) is 5.75 Å². The number of ether oxygens (including phenoxy) is 1. The van der Waals surface area contributed by atoms with Crippen molar-refractivity contribution < 1.29 is 13.5 Å². The maximum absolute atomic E-state index is 12.6. The van der Waals surface area contributed by atoms with Crippen molar-refractivity contribution in [1.29, 1.82) is 0 Å². The van der Waals surface area contributed by atoms with Crippen LogP contribution in [0, 0.1) is 0 Å². The van der Waals surface area contributed by atoms with Gasteiger partial charge in [0.05, 0.1) is 6.04 Å². The van der Waals surface area contributed by atoms with Gasteiger partial charge in [-0.3, -0.25) is 4.90 Å². The predicted molar refractivity (Wildman–Crippen MR) is 82.3 cm³/mol. The topological polar surface area (TPSA) is 42.3 Å². The molecule has 0 amide bonds. The van der Waals surface area contributed by atoms with Gasteiger partial charge in [-0.2, -0.15) is 8.78 Å². The monoisotopic (exact) mass is 322 g/mol. The first-order valence-corrected chi connectivity index (χ1v) is 7.60. The number of alkyl halides is 2. The number of nitrogens with one attached hydrogen (secondary N) is 1. The summed E-state index contributed by atoms with van der Waals surface area (Å²) in [4.78, 5) is 6.67. The maximum atomic E-state index is 12.6. The van der Waals surface area contributed by atoms with E-state index < -0.39 is 6.61 Å². The third kappa shape index (κ3) is 3.68. The van der Waals surface area contributed by atoms with Gasteiger partial charge >= 0.3 is 6.61 Å². The van der Waals surface area contributed by atoms with Crippen LogP contribution in [0.3, 0.4) is 0 Å². The summed E-state index contributed by atoms with van der Waals surface area (Å²) in [5.74, 6) is 1.20. The fourth-order valence-corrected chi connectivity index (χ4v) is 2.95. The Morgan fingerprint density at radius 3 is 2.96 bits per heavy atom. The van der Waals surface area contributed by atoms with Gasteiger partial charge in [0.2, 0.25) is 0 Å². The van der Waals surface area contributed by atoms with Crippen LogP contribution in [-0.2, 0) is 13.6 Å². The van der Waals surface area contributed by atoms with E-state index in [1.54, 1.807) is 18.3 Å². The van der Waals surface area contributed by atoms with E-state index in [9.17, 15) is 8.78 Å². The third-order valence-corrected chi connectivity index (χ3v) is 4.07. The zero-order valence-corrected chi connectivity index (χ0v) is 13.0. The van der Waals surface area contributed by atoms with Crippen LogP contribution < -0.4 is 10.1 Å². The molecule has 0 radical (unpaired) electrons. The standard InChI is InChI=1S/C16H20F2N4O/c1-21-8-7-20-15(21)13-10-19-6-9-22(13)11-12-4-2-3-5-14(12)23-16(17)18/h2-5,7-8,13,16,19H,6,9-11H2,1H3. The quantitative estimate of drug-likeness (QED) is 0.916. The van der Waals surface area contributed by atoms with Crippen LogP contribution in [0.4, 0.5) is 8.78 Å². The Kier molecular flexibility index (Phi) is 4.88. The van der Waals surface area contributed by atoms with E-state index in [1.807, 2.05) is 29.9 Å². The van der Waals surface area contributed by atoms with Crippen LogP contribution in [-0.4, -0.2) is 40.7 Å². The molecule has 23 heavy (non-hydrogen) atoms. The van der Waals surface area contributed by atoms with Gasteiger partial charge in [-0.25, -0.2) is 4.98 Å². The number of piperazine rings is 1. The Labute approximate surface area is 133 Å². The van der Waals surface area contributed by atoms with Crippen molar-refractivity contribution in [1.82, 2.24) is 19.8 Å². The van der Waals surface area contributed by atoms with Gasteiger partial charge in [0, 0.05) is 51.2 Å². The molecule has 0 spiro atoms. The molecular formula is C16H20F2N4O. The molecule has 1 saturated heterocycles. The molecule has 1 unspecified atom stereocenters. The fourth-order valence-electron chi connectivity index (χ4n) is 2.95. The molecule has 2 heterocycles. The Bertz CT molecular complexity index is 647. The average molecular weight is 322 g/mol. The third-order valence-electron chi connectivity index (χ3n) is 4.07. The number of rotatable bonds is 5. The molecule has 0 aliphatic carbocycles. The lowest BCUT2D eigenvalue weighted by atomic mass is 10.1. The van der Waals surface area contributed by atoms with Gasteiger partial charge in [0.25, 0.3) is 0 Å². The number of hydrogen-bond donors (Lipinski definition) is 1. The van der Waals surface area contributed by atoms with Crippen molar-refractivity contribution >= 4 is 0 Å². The zero-order chi connectivity index (χ0) is 16.2. The van der Waals surface area contributed by atoms with Crippen LogP contribution in [0.25, 0.3) is 0 Å². The lowest BCUT2D eigenvalue weighted by molar-refractivity contribution is -0.0509. The summed E-state index contributed by atoms with van der Waals surface area (Å²) in [5.41, 5.74) is 0.758. The van der Waals surface area contributed by atoms with Gasteiger partial charge in [-0.05, 0) is 6.07 Å². The van der Waals surface area contributed by atoms with E-state index in [-0.39, 0.29) is 11.8 Å². The van der Waals surface area contributed by atoms with E-state index in [2.05, 4.69) is 19.9 Å². The summed E-state index contributed by atoms with van der Waals surface area (Å²) in [6.07, 6.45) is 3.69. The molecule has 0 saturated carbocycles. The lowest BCUT2D eigenvalue weighted by Crippen LogP contribution is -2.46. The molecular weight excluding hydrogens is 302 g/mol. The highest BCUT2D eigenvalue weighted by Crippen LogP contribution is 2.27. The normalized spacial score (nSPS) is 19.2. The minimum absolute atomic E-state index is 0.100. The number of aryl methyl sites for hydroxylation is 1. The Morgan fingerprint density at radius 1 is 1.39 bits per heavy atom. The summed E-state index contributed by atoms with van der Waals surface area (Å²) in [7, 11) is 1.96. The molecule has 1 fully saturated rings. The summed E-state index contributed by atoms with van der Waals surface area (Å²) in [5, 5.41) is 3.37. The molecule has 1 aromatic carbocycles. The number of para-hydroxylation sites is 1. The lowest BCUT2D eigenvalue weighted by Gasteiger charge is -2.36. The first-order valence-electron chi connectivity index (χ1n) is 7.60. The minimum Gasteiger partial charge on any atom is -0.434 e. The second kappa shape index (κ2) is 7.06. The average Bonchev–Trinajstić information content (AvgIpc) is 2.95. The van der Waals surface area contributed by atoms with Crippen molar-refractivity contribution in [2.24, 2.45) is 7.05 Å². The molecule has 5 nitrogen and oxygen atoms in total. The molecule has 0 bridgehead atoms. The Morgan fingerprint density at radius 2 is 2.22 bits per heavy atom. The molecule has 7 heteroatoms. The maximum Gasteiger partial charge on any atom is 0.387 e. The number of benzene rings is 1. The van der Waals surface area contributed by atoms with Gasteiger partial charge in [0.1, 0.15) is 11.6 Å². The largest absolute Gasteiger partial charge is 0.434 e. The molecule has 1 aliphatic heterocycles. The highest BCUT2D eigenvalue weighted by molar-refractivity contribution is 5.33. The molecule has 1 N–H and O–H groups in total. The Balaban J connectivity index is 1.81. The first-order chi connectivity index (χ1) is 11.1. The van der Waals surface area contributed by atoms with E-state index in [0.29, 0.717) is 6.54 Å².